The molecule has 3 rings (SSSR count). The van der Waals surface area contributed by atoms with Crippen molar-refractivity contribution in [2.75, 3.05) is 11.3 Å². The normalized spacial score (nSPS) is 12.1. The number of halogens is 1. The van der Waals surface area contributed by atoms with Crippen molar-refractivity contribution in [1.29, 1.82) is 0 Å². The van der Waals surface area contributed by atoms with Gasteiger partial charge < -0.3 is 10.1 Å². The second-order valence-corrected chi connectivity index (χ2v) is 9.38. The van der Waals surface area contributed by atoms with E-state index in [-0.39, 0.29) is 21.5 Å². The van der Waals surface area contributed by atoms with Crippen LogP contribution in [0.2, 0.25) is 5.02 Å². The Kier molecular flexibility index (Phi) is 7.43. The molecule has 0 aliphatic rings. The molecule has 0 aromatic heterocycles. The van der Waals surface area contributed by atoms with Gasteiger partial charge in [-0.3, -0.25) is 9.52 Å². The first kappa shape index (κ1) is 23.6. The average Bonchev–Trinajstić information content (AvgIpc) is 2.74. The van der Waals surface area contributed by atoms with Crippen LogP contribution in [0.3, 0.4) is 0 Å². The molecule has 1 amide bonds. The molecule has 0 fully saturated rings. The van der Waals surface area contributed by atoms with E-state index in [4.69, 9.17) is 16.3 Å². The highest BCUT2D eigenvalue weighted by atomic mass is 35.5. The molecule has 32 heavy (non-hydrogen) atoms. The van der Waals surface area contributed by atoms with E-state index in [0.717, 1.165) is 16.9 Å². The Balaban J connectivity index is 1.78. The summed E-state index contributed by atoms with van der Waals surface area (Å²) in [7, 11) is -3.98. The maximum atomic E-state index is 12.9. The molecule has 0 heterocycles. The van der Waals surface area contributed by atoms with Gasteiger partial charge in [0, 0.05) is 11.3 Å². The van der Waals surface area contributed by atoms with Gasteiger partial charge in [0.05, 0.1) is 17.7 Å². The lowest BCUT2D eigenvalue weighted by Gasteiger charge is -2.16. The number of hydrogen-bond acceptors (Lipinski definition) is 4. The third-order valence-electron chi connectivity index (χ3n) is 4.79. The van der Waals surface area contributed by atoms with Crippen LogP contribution in [0.15, 0.2) is 71.6 Å². The molecule has 3 aromatic rings. The van der Waals surface area contributed by atoms with Gasteiger partial charge in [0.1, 0.15) is 10.6 Å². The van der Waals surface area contributed by atoms with E-state index in [1.165, 1.54) is 18.2 Å². The summed E-state index contributed by atoms with van der Waals surface area (Å²) in [6.45, 7) is 6.20. The van der Waals surface area contributed by atoms with E-state index in [1.54, 1.807) is 18.2 Å². The Hall–Kier alpha value is -3.03. The Morgan fingerprint density at radius 1 is 1.06 bits per heavy atom. The zero-order valence-electron chi connectivity index (χ0n) is 18.1. The summed E-state index contributed by atoms with van der Waals surface area (Å²) in [6, 6.07) is 18.3. The Bertz CT molecular complexity index is 1210. The molecule has 2 N–H and O–H groups in total. The fraction of sp³-hybridized carbons (Fsp3) is 0.208. The molecule has 0 radical (unpaired) electrons. The summed E-state index contributed by atoms with van der Waals surface area (Å²) in [6.07, 6.45) is 0. The van der Waals surface area contributed by atoms with Crippen molar-refractivity contribution in [1.82, 2.24) is 5.32 Å². The van der Waals surface area contributed by atoms with Crippen LogP contribution in [0.1, 0.15) is 41.4 Å². The van der Waals surface area contributed by atoms with Gasteiger partial charge in [0.2, 0.25) is 0 Å². The Morgan fingerprint density at radius 3 is 2.44 bits per heavy atom. The Morgan fingerprint density at radius 2 is 1.78 bits per heavy atom. The molecular weight excluding hydrogens is 448 g/mol. The summed E-state index contributed by atoms with van der Waals surface area (Å²) in [5.74, 6) is 0.346. The average molecular weight is 473 g/mol. The number of aryl methyl sites for hydroxylation is 1. The SMILES string of the molecule is CCOc1ccc([C@H](C)NC(=O)c2ccc(Cl)c(S(=O)(=O)Nc3cccc(C)c3)c2)cc1. The molecule has 0 unspecified atom stereocenters. The van der Waals surface area contributed by atoms with Gasteiger partial charge >= 0.3 is 0 Å². The number of sulfonamides is 1. The molecule has 8 heteroatoms. The smallest absolute Gasteiger partial charge is 0.263 e. The quantitative estimate of drug-likeness (QED) is 0.463. The van der Waals surface area contributed by atoms with Crippen molar-refractivity contribution in [3.8, 4) is 5.75 Å². The van der Waals surface area contributed by atoms with Gasteiger partial charge in [-0.1, -0.05) is 35.9 Å². The lowest BCUT2D eigenvalue weighted by atomic mass is 10.1. The largest absolute Gasteiger partial charge is 0.494 e. The number of rotatable bonds is 8. The van der Waals surface area contributed by atoms with Gasteiger partial charge in [0.15, 0.2) is 0 Å². The summed E-state index contributed by atoms with van der Waals surface area (Å²) in [4.78, 5) is 12.6. The zero-order valence-corrected chi connectivity index (χ0v) is 19.6. The fourth-order valence-corrected chi connectivity index (χ4v) is 4.73. The lowest BCUT2D eigenvalue weighted by Crippen LogP contribution is -2.27. The first-order valence-electron chi connectivity index (χ1n) is 10.1. The molecule has 6 nitrogen and oxygen atoms in total. The van der Waals surface area contributed by atoms with Gasteiger partial charge in [-0.05, 0) is 74.4 Å². The van der Waals surface area contributed by atoms with E-state index in [0.29, 0.717) is 12.3 Å². The van der Waals surface area contributed by atoms with Crippen LogP contribution in [0.4, 0.5) is 5.69 Å². The zero-order chi connectivity index (χ0) is 23.3. The van der Waals surface area contributed by atoms with E-state index in [2.05, 4.69) is 10.0 Å². The predicted octanol–water partition coefficient (Wildman–Crippen LogP) is 5.34. The number of benzene rings is 3. The van der Waals surface area contributed by atoms with E-state index >= 15 is 0 Å². The second-order valence-electron chi connectivity index (χ2n) is 7.32. The van der Waals surface area contributed by atoms with Gasteiger partial charge in [-0.2, -0.15) is 0 Å². The second kappa shape index (κ2) is 10.1. The summed E-state index contributed by atoms with van der Waals surface area (Å²) >= 11 is 6.16. The van der Waals surface area contributed by atoms with E-state index in [1.807, 2.05) is 51.1 Å². The minimum absolute atomic E-state index is 0.0289. The van der Waals surface area contributed by atoms with Gasteiger partial charge in [-0.15, -0.1) is 0 Å². The molecule has 168 valence electrons. The van der Waals surface area contributed by atoms with Crippen LogP contribution in [-0.4, -0.2) is 20.9 Å². The highest BCUT2D eigenvalue weighted by Crippen LogP contribution is 2.26. The molecule has 0 aliphatic carbocycles. The van der Waals surface area contributed by atoms with Crippen molar-refractivity contribution < 1.29 is 17.9 Å². The minimum atomic E-state index is -3.98. The van der Waals surface area contributed by atoms with Crippen LogP contribution < -0.4 is 14.8 Å². The maximum absolute atomic E-state index is 12.9. The van der Waals surface area contributed by atoms with Gasteiger partial charge in [-0.25, -0.2) is 8.42 Å². The molecule has 0 aliphatic heterocycles. The number of ether oxygens (including phenoxy) is 1. The van der Waals surface area contributed by atoms with Crippen LogP contribution in [0.5, 0.6) is 5.75 Å². The van der Waals surface area contributed by atoms with Crippen LogP contribution >= 0.6 is 11.6 Å². The lowest BCUT2D eigenvalue weighted by molar-refractivity contribution is 0.0939. The van der Waals surface area contributed by atoms with Crippen molar-refractivity contribution in [2.24, 2.45) is 0 Å². The highest BCUT2D eigenvalue weighted by Gasteiger charge is 2.21. The van der Waals surface area contributed by atoms with Gasteiger partial charge in [0.25, 0.3) is 15.9 Å². The van der Waals surface area contributed by atoms with Crippen molar-refractivity contribution in [3.05, 3.63) is 88.4 Å². The van der Waals surface area contributed by atoms with Crippen LogP contribution in [-0.2, 0) is 10.0 Å². The number of carbonyl (C=O) groups is 1. The monoisotopic (exact) mass is 472 g/mol. The number of amides is 1. The predicted molar refractivity (Wildman–Crippen MR) is 127 cm³/mol. The number of nitrogens with one attached hydrogen (secondary N) is 2. The Labute approximate surface area is 193 Å². The summed E-state index contributed by atoms with van der Waals surface area (Å²) < 4.78 is 33.7. The number of hydrogen-bond donors (Lipinski definition) is 2. The van der Waals surface area contributed by atoms with Crippen molar-refractivity contribution in [2.45, 2.75) is 31.7 Å². The maximum Gasteiger partial charge on any atom is 0.263 e. The standard InChI is InChI=1S/C24H25ClN2O4S/c1-4-31-21-11-8-18(9-12-21)17(3)26-24(28)19-10-13-22(25)23(15-19)32(29,30)27-20-7-5-6-16(2)14-20/h5-15,17,27H,4H2,1-3H3,(H,26,28)/t17-/m0/s1. The van der Waals surface area contributed by atoms with Crippen molar-refractivity contribution >= 4 is 33.2 Å². The topological polar surface area (TPSA) is 84.5 Å². The van der Waals surface area contributed by atoms with Crippen LogP contribution in [0, 0.1) is 6.92 Å². The third-order valence-corrected chi connectivity index (χ3v) is 6.65. The fourth-order valence-electron chi connectivity index (χ4n) is 3.15. The molecule has 0 saturated carbocycles. The third kappa shape index (κ3) is 5.81. The molecule has 0 saturated heterocycles. The first-order valence-corrected chi connectivity index (χ1v) is 12.0. The molecule has 0 spiro atoms. The molecular formula is C24H25ClN2O4S. The summed E-state index contributed by atoms with van der Waals surface area (Å²) in [5, 5.41) is 2.91. The number of carbonyl (C=O) groups excluding carboxylic acids is 1. The molecule has 1 atom stereocenters. The van der Waals surface area contributed by atoms with Crippen molar-refractivity contribution in [3.63, 3.8) is 0 Å². The minimum Gasteiger partial charge on any atom is -0.494 e. The summed E-state index contributed by atoms with van der Waals surface area (Å²) in [5.41, 5.74) is 2.41. The molecule has 0 bridgehead atoms. The van der Waals surface area contributed by atoms with Crippen LogP contribution in [0.25, 0.3) is 0 Å². The first-order chi connectivity index (χ1) is 15.2. The van der Waals surface area contributed by atoms with E-state index in [9.17, 15) is 13.2 Å². The highest BCUT2D eigenvalue weighted by molar-refractivity contribution is 7.92. The van der Waals surface area contributed by atoms with E-state index < -0.39 is 15.9 Å². The number of anilines is 1. The molecule has 3 aromatic carbocycles.